The van der Waals surface area contributed by atoms with Gasteiger partial charge in [-0.2, -0.15) is 0 Å². The molecule has 0 unspecified atom stereocenters. The summed E-state index contributed by atoms with van der Waals surface area (Å²) in [4.78, 5) is 16.8. The maximum atomic E-state index is 11.3. The second-order valence-electron chi connectivity index (χ2n) is 3.87. The molecule has 2 heterocycles. The highest BCUT2D eigenvalue weighted by molar-refractivity contribution is 8.00. The molecule has 16 heavy (non-hydrogen) atoms. The van der Waals surface area contributed by atoms with Crippen molar-refractivity contribution in [2.75, 3.05) is 11.1 Å². The van der Waals surface area contributed by atoms with Gasteiger partial charge in [0.1, 0.15) is 5.82 Å². The van der Waals surface area contributed by atoms with Crippen molar-refractivity contribution >= 4 is 34.4 Å². The van der Waals surface area contributed by atoms with Gasteiger partial charge in [-0.3, -0.25) is 4.79 Å². The number of hydrogen-bond donors (Lipinski definition) is 1. The first-order chi connectivity index (χ1) is 7.72. The van der Waals surface area contributed by atoms with Crippen LogP contribution in [0, 0.1) is 6.92 Å². The minimum atomic E-state index is 0.0250. The molecule has 0 saturated carbocycles. The first-order valence-corrected chi connectivity index (χ1v) is 6.05. The van der Waals surface area contributed by atoms with E-state index in [0.717, 1.165) is 15.8 Å². The summed E-state index contributed by atoms with van der Waals surface area (Å²) in [6.45, 7) is 2.04. The van der Waals surface area contributed by atoms with Gasteiger partial charge >= 0.3 is 0 Å². The van der Waals surface area contributed by atoms with Crippen LogP contribution in [0.1, 0.15) is 5.56 Å². The van der Waals surface area contributed by atoms with Gasteiger partial charge in [-0.05, 0) is 24.6 Å². The number of anilines is 1. The predicted molar refractivity (Wildman–Crippen MR) is 65.8 cm³/mol. The smallest absolute Gasteiger partial charge is 0.235 e. The number of nitrogens with zero attached hydrogens (tertiary/aromatic N) is 1. The Kier molecular flexibility index (Phi) is 2.11. The normalized spacial score (nSPS) is 14.7. The predicted octanol–water partition coefficient (Wildman–Crippen LogP) is 2.59. The molecule has 1 N–H and O–H groups in total. The number of fused-ring (bicyclic) bond motifs is 2. The Labute approximate surface area is 97.3 Å². The van der Waals surface area contributed by atoms with E-state index < -0.39 is 0 Å². The van der Waals surface area contributed by atoms with Crippen LogP contribution in [0.5, 0.6) is 0 Å². The molecule has 3 rings (SSSR count). The maximum absolute atomic E-state index is 11.3. The summed E-state index contributed by atoms with van der Waals surface area (Å²) in [5, 5.41) is 3.92. The van der Waals surface area contributed by atoms with Crippen molar-refractivity contribution in [3.8, 4) is 0 Å². The van der Waals surface area contributed by atoms with Crippen molar-refractivity contribution in [3.63, 3.8) is 0 Å². The number of pyridine rings is 1. The maximum Gasteiger partial charge on any atom is 0.235 e. The fourth-order valence-corrected chi connectivity index (χ4v) is 2.57. The van der Waals surface area contributed by atoms with Crippen LogP contribution in [0.3, 0.4) is 0 Å². The topological polar surface area (TPSA) is 42.0 Å². The van der Waals surface area contributed by atoms with E-state index in [1.54, 1.807) is 11.8 Å². The Balaban J connectivity index is 2.23. The van der Waals surface area contributed by atoms with Gasteiger partial charge < -0.3 is 5.32 Å². The van der Waals surface area contributed by atoms with E-state index in [0.29, 0.717) is 11.6 Å². The zero-order chi connectivity index (χ0) is 11.1. The van der Waals surface area contributed by atoms with Crippen LogP contribution >= 0.6 is 11.8 Å². The van der Waals surface area contributed by atoms with Gasteiger partial charge in [-0.25, -0.2) is 4.98 Å². The number of aryl methyl sites for hydroxylation is 1. The van der Waals surface area contributed by atoms with Gasteiger partial charge in [0.15, 0.2) is 0 Å². The van der Waals surface area contributed by atoms with E-state index in [2.05, 4.69) is 28.5 Å². The summed E-state index contributed by atoms with van der Waals surface area (Å²) >= 11 is 1.54. The van der Waals surface area contributed by atoms with E-state index in [1.807, 2.05) is 13.0 Å². The van der Waals surface area contributed by atoms with Gasteiger partial charge in [0.05, 0.1) is 16.2 Å². The summed E-state index contributed by atoms with van der Waals surface area (Å²) < 4.78 is 0. The number of aromatic nitrogens is 1. The van der Waals surface area contributed by atoms with Crippen LogP contribution in [0.2, 0.25) is 0 Å². The number of amides is 1. The number of carbonyl (C=O) groups excluding carboxylic acids is 1. The quantitative estimate of drug-likeness (QED) is 0.756. The van der Waals surface area contributed by atoms with E-state index in [1.165, 1.54) is 5.56 Å². The molecule has 80 valence electrons. The first-order valence-electron chi connectivity index (χ1n) is 5.06. The number of rotatable bonds is 0. The summed E-state index contributed by atoms with van der Waals surface area (Å²) in [7, 11) is 0. The molecular formula is C12H10N2OS. The molecule has 0 fully saturated rings. The molecule has 0 saturated heterocycles. The minimum Gasteiger partial charge on any atom is -0.309 e. The van der Waals surface area contributed by atoms with Crippen molar-refractivity contribution in [2.24, 2.45) is 0 Å². The van der Waals surface area contributed by atoms with Crippen LogP contribution in [-0.2, 0) is 4.79 Å². The molecule has 1 aromatic heterocycles. The number of benzene rings is 1. The fraction of sp³-hybridized carbons (Fsp3) is 0.167. The second kappa shape index (κ2) is 3.49. The molecule has 1 aliphatic rings. The van der Waals surface area contributed by atoms with Gasteiger partial charge in [0.25, 0.3) is 0 Å². The zero-order valence-corrected chi connectivity index (χ0v) is 9.60. The average molecular weight is 230 g/mol. The largest absolute Gasteiger partial charge is 0.309 e. The Morgan fingerprint density at radius 2 is 2.25 bits per heavy atom. The number of thioether (sulfide) groups is 1. The second-order valence-corrected chi connectivity index (χ2v) is 4.89. The summed E-state index contributed by atoms with van der Waals surface area (Å²) in [6.07, 6.45) is 0. The number of hydrogen-bond acceptors (Lipinski definition) is 3. The Morgan fingerprint density at radius 3 is 3.12 bits per heavy atom. The highest BCUT2D eigenvalue weighted by atomic mass is 32.2. The lowest BCUT2D eigenvalue weighted by atomic mass is 10.1. The molecule has 0 spiro atoms. The number of carbonyl (C=O) groups is 1. The van der Waals surface area contributed by atoms with Crippen LogP contribution in [0.25, 0.3) is 10.9 Å². The third kappa shape index (κ3) is 1.55. The molecule has 3 nitrogen and oxygen atoms in total. The minimum absolute atomic E-state index is 0.0250. The summed E-state index contributed by atoms with van der Waals surface area (Å²) in [5.74, 6) is 1.20. The van der Waals surface area contributed by atoms with Gasteiger partial charge in [0.2, 0.25) is 5.91 Å². The zero-order valence-electron chi connectivity index (χ0n) is 8.78. The van der Waals surface area contributed by atoms with Gasteiger partial charge in [0, 0.05) is 5.39 Å². The van der Waals surface area contributed by atoms with Crippen molar-refractivity contribution in [2.45, 2.75) is 11.8 Å². The molecule has 1 aliphatic heterocycles. The standard InChI is InChI=1S/C12H10N2OS/c1-7-2-3-8-5-10-12(13-9(8)4-7)14-11(15)6-16-10/h2-5H,6H2,1H3,(H,13,14,15). The molecule has 1 amide bonds. The van der Waals surface area contributed by atoms with Crippen molar-refractivity contribution < 1.29 is 4.79 Å². The van der Waals surface area contributed by atoms with Gasteiger partial charge in [-0.15, -0.1) is 11.8 Å². The first kappa shape index (κ1) is 9.66. The fourth-order valence-electron chi connectivity index (χ4n) is 1.77. The van der Waals surface area contributed by atoms with Crippen LogP contribution in [0.4, 0.5) is 5.82 Å². The summed E-state index contributed by atoms with van der Waals surface area (Å²) in [5.41, 5.74) is 2.11. The van der Waals surface area contributed by atoms with Gasteiger partial charge in [-0.1, -0.05) is 12.1 Å². The van der Waals surface area contributed by atoms with Crippen molar-refractivity contribution in [1.82, 2.24) is 4.98 Å². The highest BCUT2D eigenvalue weighted by Crippen LogP contribution is 2.32. The van der Waals surface area contributed by atoms with Crippen molar-refractivity contribution in [1.29, 1.82) is 0 Å². The van der Waals surface area contributed by atoms with E-state index in [-0.39, 0.29) is 5.91 Å². The van der Waals surface area contributed by atoms with Crippen LogP contribution < -0.4 is 5.32 Å². The van der Waals surface area contributed by atoms with Crippen LogP contribution in [0.15, 0.2) is 29.2 Å². The molecule has 2 aromatic rings. The molecule has 1 aromatic carbocycles. The SMILES string of the molecule is Cc1ccc2cc3c(nc2c1)NC(=O)CS3. The van der Waals surface area contributed by atoms with Crippen molar-refractivity contribution in [3.05, 3.63) is 29.8 Å². The lowest BCUT2D eigenvalue weighted by Crippen LogP contribution is -2.19. The third-order valence-corrected chi connectivity index (χ3v) is 3.58. The monoisotopic (exact) mass is 230 g/mol. The lowest BCUT2D eigenvalue weighted by Gasteiger charge is -2.15. The molecule has 0 radical (unpaired) electrons. The Bertz CT molecular complexity index is 595. The van der Waals surface area contributed by atoms with E-state index in [4.69, 9.17) is 0 Å². The summed E-state index contributed by atoms with van der Waals surface area (Å²) in [6, 6.07) is 8.25. The third-order valence-electron chi connectivity index (χ3n) is 2.55. The Morgan fingerprint density at radius 1 is 1.38 bits per heavy atom. The van der Waals surface area contributed by atoms with E-state index >= 15 is 0 Å². The molecule has 0 atom stereocenters. The molecule has 4 heteroatoms. The molecule has 0 aliphatic carbocycles. The molecular weight excluding hydrogens is 220 g/mol. The molecule has 0 bridgehead atoms. The number of nitrogens with one attached hydrogen (secondary N) is 1. The highest BCUT2D eigenvalue weighted by Gasteiger charge is 2.17. The average Bonchev–Trinajstić information content (AvgIpc) is 2.26. The van der Waals surface area contributed by atoms with E-state index in [9.17, 15) is 4.79 Å². The van der Waals surface area contributed by atoms with Crippen LogP contribution in [-0.4, -0.2) is 16.6 Å². The lowest BCUT2D eigenvalue weighted by molar-refractivity contribution is -0.113. The Hall–Kier alpha value is -1.55.